The quantitative estimate of drug-likeness (QED) is 0.467. The van der Waals surface area contributed by atoms with E-state index in [-0.39, 0.29) is 0 Å². The summed E-state index contributed by atoms with van der Waals surface area (Å²) >= 11 is 0. The highest BCUT2D eigenvalue weighted by atomic mass is 16.5. The van der Waals surface area contributed by atoms with Gasteiger partial charge in [-0.25, -0.2) is 4.79 Å². The predicted molar refractivity (Wildman–Crippen MR) is 55.6 cm³/mol. The largest absolute Gasteiger partial charge is 0.502 e. The molecule has 4 heteroatoms. The van der Waals surface area contributed by atoms with E-state index in [4.69, 9.17) is 4.74 Å². The number of aliphatic hydroxyl groups is 1. The maximum Gasteiger partial charge on any atom is 0.373 e. The number of carbonyl (C=O) groups is 1. The molecule has 1 N–H and O–H groups in total. The number of esters is 1. The number of benzene rings is 1. The summed E-state index contributed by atoms with van der Waals surface area (Å²) < 4.78 is 9.35. The van der Waals surface area contributed by atoms with Crippen LogP contribution in [0.5, 0.6) is 5.75 Å². The second-order valence-electron chi connectivity index (χ2n) is 2.80. The number of rotatable bonds is 3. The Hall–Kier alpha value is -1.97. The first-order valence-corrected chi connectivity index (χ1v) is 4.30. The first-order chi connectivity index (χ1) is 7.17. The van der Waals surface area contributed by atoms with E-state index in [9.17, 15) is 9.90 Å². The minimum absolute atomic E-state index is 0.439. The lowest BCUT2D eigenvalue weighted by Gasteiger charge is -2.01. The zero-order chi connectivity index (χ0) is 11.3. The molecule has 80 valence electrons. The molecule has 0 aliphatic heterocycles. The van der Waals surface area contributed by atoms with Gasteiger partial charge in [0.05, 0.1) is 14.2 Å². The molecule has 0 bridgehead atoms. The summed E-state index contributed by atoms with van der Waals surface area (Å²) in [4.78, 5) is 10.9. The van der Waals surface area contributed by atoms with Gasteiger partial charge in [-0.1, -0.05) is 12.1 Å². The fraction of sp³-hybridized carbons (Fsp3) is 0.182. The van der Waals surface area contributed by atoms with Gasteiger partial charge in [-0.15, -0.1) is 0 Å². The average molecular weight is 208 g/mol. The van der Waals surface area contributed by atoms with E-state index in [1.807, 2.05) is 0 Å². The van der Waals surface area contributed by atoms with E-state index in [0.29, 0.717) is 11.3 Å². The molecule has 1 rings (SSSR count). The van der Waals surface area contributed by atoms with Crippen molar-refractivity contribution in [3.8, 4) is 5.75 Å². The minimum Gasteiger partial charge on any atom is -0.502 e. The highest BCUT2D eigenvalue weighted by molar-refractivity contribution is 5.90. The average Bonchev–Trinajstić information content (AvgIpc) is 2.28. The smallest absolute Gasteiger partial charge is 0.373 e. The molecule has 0 radical (unpaired) electrons. The van der Waals surface area contributed by atoms with E-state index >= 15 is 0 Å². The van der Waals surface area contributed by atoms with Gasteiger partial charge >= 0.3 is 5.97 Å². The SMILES string of the molecule is COC(=O)C(O)=Cc1cccc(OC)c1. The number of ether oxygens (including phenoxy) is 2. The summed E-state index contributed by atoms with van der Waals surface area (Å²) in [5.74, 6) is -0.551. The van der Waals surface area contributed by atoms with Gasteiger partial charge in [-0.2, -0.15) is 0 Å². The first kappa shape index (κ1) is 11.1. The van der Waals surface area contributed by atoms with Gasteiger partial charge in [0.2, 0.25) is 5.76 Å². The van der Waals surface area contributed by atoms with E-state index < -0.39 is 11.7 Å². The van der Waals surface area contributed by atoms with Crippen molar-refractivity contribution in [3.05, 3.63) is 35.6 Å². The molecular formula is C11H12O4. The third kappa shape index (κ3) is 3.02. The first-order valence-electron chi connectivity index (χ1n) is 4.30. The third-order valence-electron chi connectivity index (χ3n) is 1.79. The minimum atomic E-state index is -0.766. The lowest BCUT2D eigenvalue weighted by molar-refractivity contribution is -0.138. The van der Waals surface area contributed by atoms with Crippen LogP contribution >= 0.6 is 0 Å². The lowest BCUT2D eigenvalue weighted by Crippen LogP contribution is -2.03. The van der Waals surface area contributed by atoms with Crippen molar-refractivity contribution in [1.29, 1.82) is 0 Å². The fourth-order valence-corrected chi connectivity index (χ4v) is 1.05. The fourth-order valence-electron chi connectivity index (χ4n) is 1.05. The molecule has 0 unspecified atom stereocenters. The van der Waals surface area contributed by atoms with Crippen molar-refractivity contribution in [2.45, 2.75) is 0 Å². The van der Waals surface area contributed by atoms with Gasteiger partial charge in [0.15, 0.2) is 0 Å². The summed E-state index contributed by atoms with van der Waals surface area (Å²) in [6.45, 7) is 0. The van der Waals surface area contributed by atoms with Gasteiger partial charge < -0.3 is 14.6 Å². The third-order valence-corrected chi connectivity index (χ3v) is 1.79. The molecule has 0 aliphatic carbocycles. The highest BCUT2D eigenvalue weighted by Gasteiger charge is 2.06. The normalized spacial score (nSPS) is 10.9. The van der Waals surface area contributed by atoms with Crippen LogP contribution in [0.4, 0.5) is 0 Å². The molecule has 1 aromatic carbocycles. The highest BCUT2D eigenvalue weighted by Crippen LogP contribution is 2.14. The summed E-state index contributed by atoms with van der Waals surface area (Å²) in [5.41, 5.74) is 0.664. The van der Waals surface area contributed by atoms with Gasteiger partial charge in [0.25, 0.3) is 0 Å². The van der Waals surface area contributed by atoms with E-state index in [1.165, 1.54) is 13.2 Å². The van der Waals surface area contributed by atoms with Gasteiger partial charge in [0, 0.05) is 0 Å². The molecule has 0 heterocycles. The second kappa shape index (κ2) is 5.05. The summed E-state index contributed by atoms with van der Waals surface area (Å²) in [5, 5.41) is 9.28. The van der Waals surface area contributed by atoms with Crippen LogP contribution < -0.4 is 4.74 Å². The topological polar surface area (TPSA) is 55.8 Å². The van der Waals surface area contributed by atoms with Crippen LogP contribution in [0.15, 0.2) is 30.0 Å². The standard InChI is InChI=1S/C11H12O4/c1-14-9-5-3-4-8(6-9)7-10(12)11(13)15-2/h3-7,12H,1-2H3. The molecule has 0 saturated carbocycles. The zero-order valence-electron chi connectivity index (χ0n) is 8.56. The van der Waals surface area contributed by atoms with E-state index in [0.717, 1.165) is 0 Å². The Balaban J connectivity index is 2.92. The molecule has 0 fully saturated rings. The van der Waals surface area contributed by atoms with E-state index in [1.54, 1.807) is 31.4 Å². The predicted octanol–water partition coefficient (Wildman–Crippen LogP) is 1.77. The van der Waals surface area contributed by atoms with Crippen LogP contribution in [0.2, 0.25) is 0 Å². The Bertz CT molecular complexity index is 382. The molecule has 1 aromatic rings. The van der Waals surface area contributed by atoms with Crippen molar-refractivity contribution in [2.24, 2.45) is 0 Å². The Morgan fingerprint density at radius 2 is 2.13 bits per heavy atom. The number of carbonyl (C=O) groups excluding carboxylic acids is 1. The maximum atomic E-state index is 10.9. The van der Waals surface area contributed by atoms with Crippen molar-refractivity contribution in [3.63, 3.8) is 0 Å². The van der Waals surface area contributed by atoms with Crippen LogP contribution in [-0.4, -0.2) is 25.3 Å². The Labute approximate surface area is 87.7 Å². The number of methoxy groups -OCH3 is 2. The molecule has 0 aliphatic rings. The van der Waals surface area contributed by atoms with Crippen molar-refractivity contribution >= 4 is 12.0 Å². The second-order valence-corrected chi connectivity index (χ2v) is 2.80. The molecule has 0 amide bonds. The number of aliphatic hydroxyl groups excluding tert-OH is 1. The molecule has 0 spiro atoms. The monoisotopic (exact) mass is 208 g/mol. The van der Waals surface area contributed by atoms with Crippen molar-refractivity contribution in [1.82, 2.24) is 0 Å². The van der Waals surface area contributed by atoms with Crippen molar-refractivity contribution < 1.29 is 19.4 Å². The Kier molecular flexibility index (Phi) is 3.74. The van der Waals surface area contributed by atoms with Crippen LogP contribution in [0.1, 0.15) is 5.56 Å². The van der Waals surface area contributed by atoms with E-state index in [2.05, 4.69) is 4.74 Å². The summed E-state index contributed by atoms with van der Waals surface area (Å²) in [7, 11) is 2.75. The summed E-state index contributed by atoms with van der Waals surface area (Å²) in [6.07, 6.45) is 1.31. The van der Waals surface area contributed by atoms with Gasteiger partial charge in [0.1, 0.15) is 5.75 Å². The molecular weight excluding hydrogens is 196 g/mol. The Morgan fingerprint density at radius 3 is 2.73 bits per heavy atom. The maximum absolute atomic E-state index is 10.9. The van der Waals surface area contributed by atoms with Crippen LogP contribution in [0.3, 0.4) is 0 Å². The molecule has 0 aromatic heterocycles. The van der Waals surface area contributed by atoms with Crippen molar-refractivity contribution in [2.75, 3.05) is 14.2 Å². The van der Waals surface area contributed by atoms with Gasteiger partial charge in [-0.05, 0) is 23.8 Å². The molecule has 0 atom stereocenters. The lowest BCUT2D eigenvalue weighted by atomic mass is 10.2. The zero-order valence-corrected chi connectivity index (χ0v) is 8.56. The number of hydrogen-bond acceptors (Lipinski definition) is 4. The number of hydrogen-bond donors (Lipinski definition) is 1. The Morgan fingerprint density at radius 1 is 1.40 bits per heavy atom. The van der Waals surface area contributed by atoms with Crippen LogP contribution in [0.25, 0.3) is 6.08 Å². The van der Waals surface area contributed by atoms with Gasteiger partial charge in [-0.3, -0.25) is 0 Å². The molecule has 4 nitrogen and oxygen atoms in total. The molecule has 0 saturated heterocycles. The molecule has 15 heavy (non-hydrogen) atoms. The van der Waals surface area contributed by atoms with Crippen LogP contribution in [0, 0.1) is 0 Å². The summed E-state index contributed by atoms with van der Waals surface area (Å²) in [6, 6.07) is 6.96. The van der Waals surface area contributed by atoms with Crippen LogP contribution in [-0.2, 0) is 9.53 Å².